The first-order valence-corrected chi connectivity index (χ1v) is 6.48. The topological polar surface area (TPSA) is 91.3 Å². The molecule has 0 bridgehead atoms. The second kappa shape index (κ2) is 6.34. The summed E-state index contributed by atoms with van der Waals surface area (Å²) in [5.74, 6) is -0.885. The quantitative estimate of drug-likeness (QED) is 0.764. The highest BCUT2D eigenvalue weighted by Gasteiger charge is 2.19. The van der Waals surface area contributed by atoms with Gasteiger partial charge in [0.25, 0.3) is 0 Å². The van der Waals surface area contributed by atoms with Crippen LogP contribution in [-0.4, -0.2) is 28.1 Å². The number of carboxylic acid groups (broad SMARTS) is 1. The lowest BCUT2D eigenvalue weighted by molar-refractivity contribution is -0.137. The molecule has 0 saturated heterocycles. The van der Waals surface area contributed by atoms with Gasteiger partial charge in [0.2, 0.25) is 0 Å². The summed E-state index contributed by atoms with van der Waals surface area (Å²) in [6.07, 6.45) is -0.0953. The molecule has 0 saturated carbocycles. The van der Waals surface area contributed by atoms with Gasteiger partial charge in [0.1, 0.15) is 0 Å². The summed E-state index contributed by atoms with van der Waals surface area (Å²) in [6, 6.07) is -0.826. The zero-order valence-corrected chi connectivity index (χ0v) is 11.4. The Balaban J connectivity index is 2.53. The number of carbonyl (C=O) groups excluding carboxylic acids is 1. The minimum Gasteiger partial charge on any atom is -0.481 e. The first kappa shape index (κ1) is 14.4. The Labute approximate surface area is 109 Å². The van der Waals surface area contributed by atoms with E-state index >= 15 is 0 Å². The fourth-order valence-corrected chi connectivity index (χ4v) is 2.04. The van der Waals surface area contributed by atoms with Crippen LogP contribution in [0.1, 0.15) is 26.0 Å². The maximum absolute atomic E-state index is 11.7. The Bertz CT molecular complexity index is 431. The number of hydrogen-bond donors (Lipinski definition) is 3. The molecule has 1 rings (SSSR count). The summed E-state index contributed by atoms with van der Waals surface area (Å²) in [4.78, 5) is 26.4. The molecule has 1 unspecified atom stereocenters. The van der Waals surface area contributed by atoms with E-state index in [1.807, 2.05) is 26.2 Å². The molecule has 6 nitrogen and oxygen atoms in total. The monoisotopic (exact) mass is 271 g/mol. The molecule has 0 aliphatic heterocycles. The number of urea groups is 1. The Hall–Kier alpha value is -1.63. The fourth-order valence-electron chi connectivity index (χ4n) is 1.35. The smallest absolute Gasteiger partial charge is 0.321 e. The summed E-state index contributed by atoms with van der Waals surface area (Å²) >= 11 is 1.33. The number of nitrogens with zero attached hydrogens (tertiary/aromatic N) is 1. The first-order valence-electron chi connectivity index (χ1n) is 5.60. The second-order valence-corrected chi connectivity index (χ2v) is 5.20. The van der Waals surface area contributed by atoms with Crippen LogP contribution in [-0.2, 0) is 4.79 Å². The number of aryl methyl sites for hydroxylation is 1. The van der Waals surface area contributed by atoms with E-state index < -0.39 is 18.0 Å². The number of amides is 2. The Kier molecular flexibility index (Phi) is 5.08. The van der Waals surface area contributed by atoms with E-state index in [1.165, 1.54) is 11.3 Å². The number of hydrogen-bond acceptors (Lipinski definition) is 4. The molecule has 1 atom stereocenters. The van der Waals surface area contributed by atoms with Crippen molar-refractivity contribution >= 4 is 28.5 Å². The molecule has 1 aromatic heterocycles. The number of nitrogens with one attached hydrogen (secondary N) is 2. The van der Waals surface area contributed by atoms with E-state index in [-0.39, 0.29) is 12.3 Å². The molecule has 3 N–H and O–H groups in total. The highest BCUT2D eigenvalue weighted by molar-refractivity contribution is 7.13. The molecule has 0 radical (unpaired) electrons. The molecule has 2 amide bonds. The van der Waals surface area contributed by atoms with Crippen LogP contribution < -0.4 is 10.6 Å². The lowest BCUT2D eigenvalue weighted by Gasteiger charge is -2.20. The summed E-state index contributed by atoms with van der Waals surface area (Å²) < 4.78 is 0. The molecule has 7 heteroatoms. The Morgan fingerprint density at radius 3 is 2.61 bits per heavy atom. The minimum absolute atomic E-state index is 0.0462. The third-order valence-corrected chi connectivity index (χ3v) is 3.23. The summed E-state index contributed by atoms with van der Waals surface area (Å²) in [6.45, 7) is 5.56. The van der Waals surface area contributed by atoms with Crippen LogP contribution in [0.3, 0.4) is 0 Å². The highest BCUT2D eigenvalue weighted by atomic mass is 32.1. The van der Waals surface area contributed by atoms with Crippen molar-refractivity contribution in [1.29, 1.82) is 0 Å². The summed E-state index contributed by atoms with van der Waals surface area (Å²) in [5.41, 5.74) is 0.834. The van der Waals surface area contributed by atoms with Gasteiger partial charge in [0, 0.05) is 11.4 Å². The van der Waals surface area contributed by atoms with Gasteiger partial charge in [0.05, 0.1) is 12.1 Å². The van der Waals surface area contributed by atoms with Crippen molar-refractivity contribution in [2.24, 2.45) is 5.92 Å². The van der Waals surface area contributed by atoms with E-state index in [0.29, 0.717) is 5.13 Å². The maximum atomic E-state index is 11.7. The summed E-state index contributed by atoms with van der Waals surface area (Å²) in [5, 5.41) is 16.3. The minimum atomic E-state index is -0.931. The average molecular weight is 271 g/mol. The SMILES string of the molecule is Cc1csc(NC(=O)NC(CC(=O)O)C(C)C)n1. The van der Waals surface area contributed by atoms with Crippen molar-refractivity contribution in [3.05, 3.63) is 11.1 Å². The first-order chi connectivity index (χ1) is 8.38. The van der Waals surface area contributed by atoms with Crippen LogP contribution in [0.25, 0.3) is 0 Å². The van der Waals surface area contributed by atoms with Gasteiger partial charge >= 0.3 is 12.0 Å². The second-order valence-electron chi connectivity index (χ2n) is 4.34. The van der Waals surface area contributed by atoms with Crippen molar-refractivity contribution < 1.29 is 14.7 Å². The van der Waals surface area contributed by atoms with Crippen molar-refractivity contribution in [2.75, 3.05) is 5.32 Å². The van der Waals surface area contributed by atoms with Gasteiger partial charge in [-0.05, 0) is 12.8 Å². The van der Waals surface area contributed by atoms with E-state index in [2.05, 4.69) is 15.6 Å². The number of anilines is 1. The molecule has 0 aliphatic carbocycles. The zero-order chi connectivity index (χ0) is 13.7. The molecular formula is C11H17N3O3S. The van der Waals surface area contributed by atoms with Gasteiger partial charge < -0.3 is 10.4 Å². The van der Waals surface area contributed by atoms with Crippen molar-refractivity contribution in [1.82, 2.24) is 10.3 Å². The molecular weight excluding hydrogens is 254 g/mol. The predicted molar refractivity (Wildman–Crippen MR) is 69.9 cm³/mol. The number of aliphatic carboxylic acids is 1. The van der Waals surface area contributed by atoms with Gasteiger partial charge in [0.15, 0.2) is 5.13 Å². The Morgan fingerprint density at radius 1 is 1.50 bits per heavy atom. The van der Waals surface area contributed by atoms with Crippen LogP contribution in [0.2, 0.25) is 0 Å². The highest BCUT2D eigenvalue weighted by Crippen LogP contribution is 2.14. The van der Waals surface area contributed by atoms with Crippen molar-refractivity contribution in [2.45, 2.75) is 33.2 Å². The predicted octanol–water partition coefficient (Wildman–Crippen LogP) is 2.07. The largest absolute Gasteiger partial charge is 0.481 e. The lowest BCUT2D eigenvalue weighted by Crippen LogP contribution is -2.42. The lowest BCUT2D eigenvalue weighted by atomic mass is 10.0. The van der Waals surface area contributed by atoms with Gasteiger partial charge in [-0.25, -0.2) is 9.78 Å². The zero-order valence-electron chi connectivity index (χ0n) is 10.6. The van der Waals surface area contributed by atoms with Crippen LogP contribution >= 0.6 is 11.3 Å². The van der Waals surface area contributed by atoms with Crippen LogP contribution in [0.15, 0.2) is 5.38 Å². The number of carbonyl (C=O) groups is 2. The molecule has 0 aliphatic rings. The van der Waals surface area contributed by atoms with E-state index in [1.54, 1.807) is 0 Å². The van der Waals surface area contributed by atoms with Gasteiger partial charge in [-0.15, -0.1) is 11.3 Å². The molecule has 1 heterocycles. The number of thiazole rings is 1. The third-order valence-electron chi connectivity index (χ3n) is 2.36. The molecule has 100 valence electrons. The maximum Gasteiger partial charge on any atom is 0.321 e. The van der Waals surface area contributed by atoms with Crippen LogP contribution in [0, 0.1) is 12.8 Å². The third kappa shape index (κ3) is 4.70. The van der Waals surface area contributed by atoms with Gasteiger partial charge in [-0.3, -0.25) is 10.1 Å². The number of rotatable bonds is 5. The summed E-state index contributed by atoms with van der Waals surface area (Å²) in [7, 11) is 0. The van der Waals surface area contributed by atoms with Crippen LogP contribution in [0.5, 0.6) is 0 Å². The normalized spacial score (nSPS) is 12.2. The Morgan fingerprint density at radius 2 is 2.17 bits per heavy atom. The number of carboxylic acids is 1. The van der Waals surface area contributed by atoms with Gasteiger partial charge in [-0.2, -0.15) is 0 Å². The number of aromatic nitrogens is 1. The van der Waals surface area contributed by atoms with E-state index in [9.17, 15) is 9.59 Å². The van der Waals surface area contributed by atoms with Crippen molar-refractivity contribution in [3.8, 4) is 0 Å². The molecule has 0 fully saturated rings. The molecule has 18 heavy (non-hydrogen) atoms. The van der Waals surface area contributed by atoms with Crippen LogP contribution in [0.4, 0.5) is 9.93 Å². The van der Waals surface area contributed by atoms with Crippen molar-refractivity contribution in [3.63, 3.8) is 0 Å². The van der Waals surface area contributed by atoms with E-state index in [0.717, 1.165) is 5.69 Å². The van der Waals surface area contributed by atoms with E-state index in [4.69, 9.17) is 5.11 Å². The van der Waals surface area contributed by atoms with Gasteiger partial charge in [-0.1, -0.05) is 13.8 Å². The standard InChI is InChI=1S/C11H17N3O3S/c1-6(2)8(4-9(15)16)13-10(17)14-11-12-7(3)5-18-11/h5-6,8H,4H2,1-3H3,(H,15,16)(H2,12,13,14,17). The average Bonchev–Trinajstić information content (AvgIpc) is 2.62. The molecule has 0 aromatic carbocycles. The molecule has 1 aromatic rings. The molecule has 0 spiro atoms. The fraction of sp³-hybridized carbons (Fsp3) is 0.545.